The summed E-state index contributed by atoms with van der Waals surface area (Å²) in [6.45, 7) is 0. The van der Waals surface area contributed by atoms with Crippen LogP contribution in [0.3, 0.4) is 0 Å². The third kappa shape index (κ3) is 3.20. The lowest BCUT2D eigenvalue weighted by Crippen LogP contribution is -2.33. The summed E-state index contributed by atoms with van der Waals surface area (Å²) < 4.78 is 5.78. The molecule has 0 aromatic heterocycles. The van der Waals surface area contributed by atoms with Crippen LogP contribution in [-0.4, -0.2) is 23.2 Å². The highest BCUT2D eigenvalue weighted by Crippen LogP contribution is 2.23. The normalized spacial score (nSPS) is 23.6. The molecule has 1 fully saturated rings. The van der Waals surface area contributed by atoms with Crippen LogP contribution in [0.25, 0.3) is 0 Å². The van der Waals surface area contributed by atoms with Gasteiger partial charge in [-0.1, -0.05) is 12.1 Å². The maximum absolute atomic E-state index is 10.5. The Kier molecular flexibility index (Phi) is 3.64. The summed E-state index contributed by atoms with van der Waals surface area (Å²) in [7, 11) is 0. The molecule has 0 saturated heterocycles. The number of aliphatic carboxylic acids is 1. The molecule has 0 radical (unpaired) electrons. The predicted octanol–water partition coefficient (Wildman–Crippen LogP) is 1.57. The fraction of sp³-hybridized carbons (Fsp3) is 0.462. The van der Waals surface area contributed by atoms with Gasteiger partial charge in [0, 0.05) is 6.04 Å². The van der Waals surface area contributed by atoms with Gasteiger partial charge in [-0.2, -0.15) is 0 Å². The molecule has 92 valence electrons. The number of nitrogens with two attached hydrogens (primary N) is 1. The van der Waals surface area contributed by atoms with Crippen molar-refractivity contribution in [1.29, 1.82) is 0 Å². The molecule has 4 nitrogen and oxygen atoms in total. The molecule has 4 heteroatoms. The molecule has 2 unspecified atom stereocenters. The summed E-state index contributed by atoms with van der Waals surface area (Å²) in [4.78, 5) is 10.5. The zero-order valence-corrected chi connectivity index (χ0v) is 9.63. The van der Waals surface area contributed by atoms with Gasteiger partial charge < -0.3 is 15.6 Å². The van der Waals surface area contributed by atoms with Crippen molar-refractivity contribution in [2.24, 2.45) is 5.73 Å². The van der Waals surface area contributed by atoms with Crippen molar-refractivity contribution in [3.8, 4) is 5.75 Å². The molecule has 0 amide bonds. The van der Waals surface area contributed by atoms with Crippen LogP contribution in [-0.2, 0) is 11.2 Å². The number of hydrogen-bond donors (Lipinski definition) is 2. The van der Waals surface area contributed by atoms with E-state index in [4.69, 9.17) is 15.6 Å². The molecule has 1 saturated carbocycles. The van der Waals surface area contributed by atoms with Crippen molar-refractivity contribution in [2.75, 3.05) is 0 Å². The highest BCUT2D eigenvalue weighted by molar-refractivity contribution is 5.70. The lowest BCUT2D eigenvalue weighted by Gasteiger charge is -2.17. The third-order valence-electron chi connectivity index (χ3n) is 3.07. The van der Waals surface area contributed by atoms with Crippen LogP contribution in [0.4, 0.5) is 0 Å². The van der Waals surface area contributed by atoms with Gasteiger partial charge in [-0.15, -0.1) is 0 Å². The Bertz CT molecular complexity index is 388. The Morgan fingerprint density at radius 3 is 2.59 bits per heavy atom. The summed E-state index contributed by atoms with van der Waals surface area (Å²) in [5, 5.41) is 8.65. The van der Waals surface area contributed by atoms with Crippen molar-refractivity contribution in [3.63, 3.8) is 0 Å². The summed E-state index contributed by atoms with van der Waals surface area (Å²) >= 11 is 0. The average molecular weight is 235 g/mol. The minimum absolute atomic E-state index is 0.0449. The second-order valence-electron chi connectivity index (χ2n) is 4.47. The number of benzene rings is 1. The van der Waals surface area contributed by atoms with Gasteiger partial charge in [0.2, 0.25) is 0 Å². The Morgan fingerprint density at radius 1 is 1.35 bits per heavy atom. The van der Waals surface area contributed by atoms with E-state index in [0.717, 1.165) is 30.6 Å². The highest BCUT2D eigenvalue weighted by Gasteiger charge is 2.25. The Balaban J connectivity index is 1.95. The molecule has 3 N–H and O–H groups in total. The molecule has 2 atom stereocenters. The van der Waals surface area contributed by atoms with Gasteiger partial charge in [0.15, 0.2) is 0 Å². The maximum atomic E-state index is 10.5. The van der Waals surface area contributed by atoms with Gasteiger partial charge in [-0.25, -0.2) is 0 Å². The first-order valence-electron chi connectivity index (χ1n) is 5.88. The van der Waals surface area contributed by atoms with Crippen LogP contribution in [0, 0.1) is 0 Å². The Morgan fingerprint density at radius 2 is 2.06 bits per heavy atom. The average Bonchev–Trinajstić information content (AvgIpc) is 2.67. The van der Waals surface area contributed by atoms with Gasteiger partial charge in [0.05, 0.1) is 6.42 Å². The lowest BCUT2D eigenvalue weighted by molar-refractivity contribution is -0.136. The van der Waals surface area contributed by atoms with E-state index in [9.17, 15) is 4.79 Å². The number of carboxylic acid groups (broad SMARTS) is 1. The van der Waals surface area contributed by atoms with Crippen molar-refractivity contribution >= 4 is 5.97 Å². The first-order valence-corrected chi connectivity index (χ1v) is 5.88. The van der Waals surface area contributed by atoms with Crippen molar-refractivity contribution in [2.45, 2.75) is 37.8 Å². The standard InChI is InChI=1S/C13H17NO3/c14-11-2-1-3-12(11)17-10-6-4-9(5-7-10)8-13(15)16/h4-7,11-12H,1-3,8,14H2,(H,15,16). The maximum Gasteiger partial charge on any atom is 0.307 e. The van der Waals surface area contributed by atoms with Gasteiger partial charge in [0.25, 0.3) is 0 Å². The van der Waals surface area contributed by atoms with Crippen LogP contribution in [0.2, 0.25) is 0 Å². The second-order valence-corrected chi connectivity index (χ2v) is 4.47. The smallest absolute Gasteiger partial charge is 0.307 e. The zero-order chi connectivity index (χ0) is 12.3. The topological polar surface area (TPSA) is 72.5 Å². The molecule has 1 aliphatic carbocycles. The number of carbonyl (C=O) groups is 1. The van der Waals surface area contributed by atoms with Crippen molar-refractivity contribution < 1.29 is 14.6 Å². The SMILES string of the molecule is NC1CCCC1Oc1ccc(CC(=O)O)cc1. The van der Waals surface area contributed by atoms with E-state index in [-0.39, 0.29) is 18.6 Å². The number of rotatable bonds is 4. The first kappa shape index (κ1) is 11.9. The van der Waals surface area contributed by atoms with Crippen molar-refractivity contribution in [1.82, 2.24) is 0 Å². The van der Waals surface area contributed by atoms with E-state index in [0.29, 0.717) is 0 Å². The van der Waals surface area contributed by atoms with E-state index in [1.807, 2.05) is 12.1 Å². The van der Waals surface area contributed by atoms with Crippen LogP contribution >= 0.6 is 0 Å². The zero-order valence-electron chi connectivity index (χ0n) is 9.63. The van der Waals surface area contributed by atoms with Gasteiger partial charge in [0.1, 0.15) is 11.9 Å². The molecule has 2 rings (SSSR count). The van der Waals surface area contributed by atoms with Crippen molar-refractivity contribution in [3.05, 3.63) is 29.8 Å². The van der Waals surface area contributed by atoms with E-state index in [1.54, 1.807) is 12.1 Å². The molecule has 1 aromatic carbocycles. The Labute approximate surface area is 100 Å². The van der Waals surface area contributed by atoms with E-state index in [2.05, 4.69) is 0 Å². The molecular formula is C13H17NO3. The van der Waals surface area contributed by atoms with Crippen LogP contribution < -0.4 is 10.5 Å². The lowest BCUT2D eigenvalue weighted by atomic mass is 10.1. The molecule has 1 aliphatic rings. The number of hydrogen-bond acceptors (Lipinski definition) is 3. The summed E-state index contributed by atoms with van der Waals surface area (Å²) in [6.07, 6.45) is 3.27. The fourth-order valence-electron chi connectivity index (χ4n) is 2.14. The number of ether oxygens (including phenoxy) is 1. The quantitative estimate of drug-likeness (QED) is 0.831. The first-order chi connectivity index (χ1) is 8.15. The molecule has 0 bridgehead atoms. The summed E-state index contributed by atoms with van der Waals surface area (Å²) in [5.74, 6) is -0.0574. The van der Waals surface area contributed by atoms with E-state index < -0.39 is 5.97 Å². The van der Waals surface area contributed by atoms with E-state index >= 15 is 0 Å². The van der Waals surface area contributed by atoms with Crippen LogP contribution in [0.5, 0.6) is 5.75 Å². The van der Waals surface area contributed by atoms with Gasteiger partial charge in [-0.05, 0) is 37.0 Å². The van der Waals surface area contributed by atoms with Gasteiger partial charge in [-0.3, -0.25) is 4.79 Å². The van der Waals surface area contributed by atoms with Crippen LogP contribution in [0.15, 0.2) is 24.3 Å². The minimum Gasteiger partial charge on any atom is -0.489 e. The highest BCUT2D eigenvalue weighted by atomic mass is 16.5. The molecule has 0 heterocycles. The predicted molar refractivity (Wildman–Crippen MR) is 64.0 cm³/mol. The monoisotopic (exact) mass is 235 g/mol. The molecule has 0 aliphatic heterocycles. The molecule has 17 heavy (non-hydrogen) atoms. The number of carboxylic acids is 1. The summed E-state index contributed by atoms with van der Waals surface area (Å²) in [6, 6.07) is 7.30. The van der Waals surface area contributed by atoms with Gasteiger partial charge >= 0.3 is 5.97 Å². The second kappa shape index (κ2) is 5.19. The molecular weight excluding hydrogens is 218 g/mol. The van der Waals surface area contributed by atoms with Crippen LogP contribution in [0.1, 0.15) is 24.8 Å². The minimum atomic E-state index is -0.823. The fourth-order valence-corrected chi connectivity index (χ4v) is 2.14. The largest absolute Gasteiger partial charge is 0.489 e. The summed E-state index contributed by atoms with van der Waals surface area (Å²) in [5.41, 5.74) is 6.70. The van der Waals surface area contributed by atoms with E-state index in [1.165, 1.54) is 0 Å². The third-order valence-corrected chi connectivity index (χ3v) is 3.07. The molecule has 0 spiro atoms. The Hall–Kier alpha value is -1.55. The molecule has 1 aromatic rings.